The van der Waals surface area contributed by atoms with E-state index in [4.69, 9.17) is 25.8 Å². The van der Waals surface area contributed by atoms with Crippen molar-refractivity contribution < 1.29 is 33.4 Å². The Kier molecular flexibility index (Phi) is 8.40. The zero-order valence-electron chi connectivity index (χ0n) is 22.1. The van der Waals surface area contributed by atoms with Crippen molar-refractivity contribution in [3.8, 4) is 11.5 Å². The van der Waals surface area contributed by atoms with Crippen LogP contribution in [0.15, 0.2) is 77.5 Å². The number of imide groups is 1. The molecule has 1 heterocycles. The van der Waals surface area contributed by atoms with Crippen LogP contribution in [0.25, 0.3) is 0 Å². The fourth-order valence-electron chi connectivity index (χ4n) is 3.89. The fourth-order valence-corrected chi connectivity index (χ4v) is 4.10. The Hall–Kier alpha value is -4.83. The molecule has 0 saturated carbocycles. The molecule has 40 heavy (non-hydrogen) atoms. The third kappa shape index (κ3) is 5.92. The van der Waals surface area contributed by atoms with E-state index in [0.29, 0.717) is 22.7 Å². The minimum Gasteiger partial charge on any atom is -0.497 e. The maximum atomic E-state index is 13.3. The SMILES string of the molecule is COc1ccc(N2C(=O)C(Cl)=C(Nc3cccc(C(=O)Nc4cccc(C(=O)OC(C)C)c4)c3)C2=O)c(OC)c1. The number of carbonyl (C=O) groups is 4. The number of anilines is 3. The summed E-state index contributed by atoms with van der Waals surface area (Å²) in [5.41, 5.74) is 1.33. The van der Waals surface area contributed by atoms with Crippen molar-refractivity contribution in [1.29, 1.82) is 0 Å². The molecule has 11 heteroatoms. The van der Waals surface area contributed by atoms with Crippen LogP contribution in [0.3, 0.4) is 0 Å². The number of rotatable bonds is 9. The van der Waals surface area contributed by atoms with Gasteiger partial charge in [-0.1, -0.05) is 23.7 Å². The lowest BCUT2D eigenvalue weighted by molar-refractivity contribution is -0.120. The zero-order valence-corrected chi connectivity index (χ0v) is 22.9. The number of halogens is 1. The molecule has 4 rings (SSSR count). The lowest BCUT2D eigenvalue weighted by Crippen LogP contribution is -2.32. The first kappa shape index (κ1) is 28.2. The van der Waals surface area contributed by atoms with Crippen LogP contribution in [-0.2, 0) is 14.3 Å². The van der Waals surface area contributed by atoms with Crippen LogP contribution in [0.5, 0.6) is 11.5 Å². The highest BCUT2D eigenvalue weighted by Crippen LogP contribution is 2.37. The highest BCUT2D eigenvalue weighted by Gasteiger charge is 2.40. The number of esters is 1. The van der Waals surface area contributed by atoms with Gasteiger partial charge in [0.25, 0.3) is 17.7 Å². The molecule has 10 nitrogen and oxygen atoms in total. The molecule has 0 aromatic heterocycles. The summed E-state index contributed by atoms with van der Waals surface area (Å²) in [5.74, 6) is -1.67. The van der Waals surface area contributed by atoms with E-state index in [9.17, 15) is 19.2 Å². The Morgan fingerprint density at radius 2 is 1.52 bits per heavy atom. The lowest BCUT2D eigenvalue weighted by atomic mass is 10.1. The number of hydrogen-bond acceptors (Lipinski definition) is 8. The van der Waals surface area contributed by atoms with E-state index in [1.165, 1.54) is 32.4 Å². The van der Waals surface area contributed by atoms with E-state index in [-0.39, 0.29) is 33.8 Å². The van der Waals surface area contributed by atoms with Gasteiger partial charge in [-0.2, -0.15) is 0 Å². The van der Waals surface area contributed by atoms with Gasteiger partial charge in [-0.3, -0.25) is 14.4 Å². The van der Waals surface area contributed by atoms with Crippen molar-refractivity contribution in [1.82, 2.24) is 0 Å². The van der Waals surface area contributed by atoms with Crippen molar-refractivity contribution in [3.05, 3.63) is 88.6 Å². The number of methoxy groups -OCH3 is 2. The average molecular weight is 564 g/mol. The van der Waals surface area contributed by atoms with E-state index in [1.54, 1.807) is 62.4 Å². The summed E-state index contributed by atoms with van der Waals surface area (Å²) in [6.07, 6.45) is -0.281. The Labute approximate surface area is 235 Å². The molecule has 0 fully saturated rings. The normalized spacial score (nSPS) is 13.0. The van der Waals surface area contributed by atoms with Gasteiger partial charge in [-0.05, 0) is 62.4 Å². The molecule has 0 radical (unpaired) electrons. The van der Waals surface area contributed by atoms with Gasteiger partial charge in [0.05, 0.1) is 31.6 Å². The molecule has 3 amide bonds. The van der Waals surface area contributed by atoms with E-state index in [1.807, 2.05) is 0 Å². The summed E-state index contributed by atoms with van der Waals surface area (Å²) in [6, 6.07) is 17.3. The Morgan fingerprint density at radius 3 is 2.20 bits per heavy atom. The van der Waals surface area contributed by atoms with Crippen molar-refractivity contribution in [3.63, 3.8) is 0 Å². The summed E-state index contributed by atoms with van der Waals surface area (Å²) < 4.78 is 15.7. The van der Waals surface area contributed by atoms with Crippen LogP contribution in [-0.4, -0.2) is 44.0 Å². The maximum absolute atomic E-state index is 13.3. The first-order valence-electron chi connectivity index (χ1n) is 12.1. The summed E-state index contributed by atoms with van der Waals surface area (Å²) in [4.78, 5) is 52.3. The van der Waals surface area contributed by atoms with Crippen LogP contribution in [0.4, 0.5) is 17.1 Å². The third-order valence-corrected chi connectivity index (χ3v) is 6.10. The van der Waals surface area contributed by atoms with Gasteiger partial charge < -0.3 is 24.8 Å². The maximum Gasteiger partial charge on any atom is 0.338 e. The number of nitrogens with one attached hydrogen (secondary N) is 2. The molecule has 1 aliphatic heterocycles. The smallest absolute Gasteiger partial charge is 0.338 e. The molecule has 1 aliphatic rings. The Morgan fingerprint density at radius 1 is 0.850 bits per heavy atom. The summed E-state index contributed by atoms with van der Waals surface area (Å²) in [7, 11) is 2.89. The van der Waals surface area contributed by atoms with E-state index in [0.717, 1.165) is 4.90 Å². The van der Waals surface area contributed by atoms with E-state index in [2.05, 4.69) is 10.6 Å². The first-order chi connectivity index (χ1) is 19.1. The van der Waals surface area contributed by atoms with E-state index < -0.39 is 23.7 Å². The molecule has 3 aromatic rings. The number of benzene rings is 3. The van der Waals surface area contributed by atoms with Crippen molar-refractivity contribution in [2.45, 2.75) is 20.0 Å². The molecule has 3 aromatic carbocycles. The standard InChI is InChI=1S/C29H26ClN3O7/c1-16(2)40-29(37)18-8-6-10-20(14-18)32-26(34)17-7-5-9-19(13-17)31-25-24(30)27(35)33(28(25)36)22-12-11-21(38-3)15-23(22)39-4/h5-16,31H,1-4H3,(H,32,34). The van der Waals surface area contributed by atoms with Gasteiger partial charge >= 0.3 is 5.97 Å². The molecule has 206 valence electrons. The highest BCUT2D eigenvalue weighted by atomic mass is 35.5. The van der Waals surface area contributed by atoms with Crippen molar-refractivity contribution >= 4 is 52.4 Å². The van der Waals surface area contributed by atoms with Crippen LogP contribution in [0.1, 0.15) is 34.6 Å². The second-order valence-corrected chi connectivity index (χ2v) is 9.25. The number of carbonyl (C=O) groups excluding carboxylic acids is 4. The molecule has 0 unspecified atom stereocenters. The summed E-state index contributed by atoms with van der Waals surface area (Å²) in [5, 5.41) is 5.28. The lowest BCUT2D eigenvalue weighted by Gasteiger charge is -2.18. The van der Waals surface area contributed by atoms with Crippen molar-refractivity contribution in [2.75, 3.05) is 29.8 Å². The van der Waals surface area contributed by atoms with Gasteiger partial charge in [0, 0.05) is 23.0 Å². The van der Waals surface area contributed by atoms with Crippen LogP contribution in [0.2, 0.25) is 0 Å². The number of nitrogens with zero attached hydrogens (tertiary/aromatic N) is 1. The number of amides is 3. The highest BCUT2D eigenvalue weighted by molar-refractivity contribution is 6.53. The summed E-state index contributed by atoms with van der Waals surface area (Å²) in [6.45, 7) is 3.49. The van der Waals surface area contributed by atoms with Crippen molar-refractivity contribution in [2.24, 2.45) is 0 Å². The van der Waals surface area contributed by atoms with Gasteiger partial charge in [0.15, 0.2) is 0 Å². The predicted octanol–water partition coefficient (Wildman–Crippen LogP) is 4.96. The zero-order chi connectivity index (χ0) is 29.0. The monoisotopic (exact) mass is 563 g/mol. The summed E-state index contributed by atoms with van der Waals surface area (Å²) >= 11 is 6.28. The second kappa shape index (κ2) is 11.9. The van der Waals surface area contributed by atoms with Crippen LogP contribution >= 0.6 is 11.6 Å². The van der Waals surface area contributed by atoms with Crippen LogP contribution < -0.4 is 25.0 Å². The molecule has 0 bridgehead atoms. The molecular formula is C29H26ClN3O7. The molecule has 2 N–H and O–H groups in total. The molecular weight excluding hydrogens is 538 g/mol. The fraction of sp³-hybridized carbons (Fsp3) is 0.172. The second-order valence-electron chi connectivity index (χ2n) is 8.87. The van der Waals surface area contributed by atoms with Gasteiger partial charge in [0.1, 0.15) is 22.2 Å². The average Bonchev–Trinajstić information content (AvgIpc) is 3.15. The minimum atomic E-state index is -0.734. The molecule has 0 aliphatic carbocycles. The molecule has 0 saturated heterocycles. The molecule has 0 atom stereocenters. The molecule has 0 spiro atoms. The largest absolute Gasteiger partial charge is 0.497 e. The Balaban J connectivity index is 1.52. The van der Waals surface area contributed by atoms with E-state index >= 15 is 0 Å². The predicted molar refractivity (Wildman–Crippen MR) is 150 cm³/mol. The Bertz CT molecular complexity index is 1530. The number of hydrogen-bond donors (Lipinski definition) is 2. The van der Waals surface area contributed by atoms with Gasteiger partial charge in [-0.25, -0.2) is 9.69 Å². The topological polar surface area (TPSA) is 123 Å². The van der Waals surface area contributed by atoms with Gasteiger partial charge in [-0.15, -0.1) is 0 Å². The minimum absolute atomic E-state index is 0.154. The van der Waals surface area contributed by atoms with Crippen LogP contribution in [0, 0.1) is 0 Å². The quantitative estimate of drug-likeness (QED) is 0.277. The first-order valence-corrected chi connectivity index (χ1v) is 12.5. The number of ether oxygens (including phenoxy) is 3. The third-order valence-electron chi connectivity index (χ3n) is 5.75. The van der Waals surface area contributed by atoms with Gasteiger partial charge in [0.2, 0.25) is 0 Å².